The molecule has 0 aromatic heterocycles. The van der Waals surface area contributed by atoms with Crippen LogP contribution in [0, 0.1) is 11.8 Å². The van der Waals surface area contributed by atoms with Crippen LogP contribution in [0.3, 0.4) is 0 Å². The van der Waals surface area contributed by atoms with Crippen LogP contribution in [-0.4, -0.2) is 55.7 Å². The van der Waals surface area contributed by atoms with Gasteiger partial charge >= 0.3 is 11.9 Å². The quantitative estimate of drug-likeness (QED) is 0.103. The maximum atomic E-state index is 14.5. The Labute approximate surface area is 306 Å². The van der Waals surface area contributed by atoms with Crippen molar-refractivity contribution >= 4 is 98.6 Å². The summed E-state index contributed by atoms with van der Waals surface area (Å²) in [6.45, 7) is 9.04. The number of hydrogen-bond acceptors (Lipinski definition) is 4. The van der Waals surface area contributed by atoms with E-state index < -0.39 is 38.0 Å². The van der Waals surface area contributed by atoms with Gasteiger partial charge < -0.3 is 20.8 Å². The van der Waals surface area contributed by atoms with E-state index in [1.807, 2.05) is 0 Å². The fourth-order valence-corrected chi connectivity index (χ4v) is 8.44. The van der Waals surface area contributed by atoms with E-state index in [9.17, 15) is 29.4 Å². The highest BCUT2D eigenvalue weighted by Crippen LogP contribution is 2.51. The van der Waals surface area contributed by atoms with Gasteiger partial charge in [-0.2, -0.15) is 0 Å². The number of carbonyl (C=O) groups excluding carboxylic acids is 2. The number of benzene rings is 1. The lowest BCUT2D eigenvalue weighted by Crippen LogP contribution is -2.68. The predicted octanol–water partition coefficient (Wildman–Crippen LogP) is 7.19. The number of fused-ring (bicyclic) bond motifs is 1. The van der Waals surface area contributed by atoms with Crippen molar-refractivity contribution in [2.75, 3.05) is 13.1 Å². The van der Waals surface area contributed by atoms with E-state index in [0.717, 1.165) is 77.0 Å². The highest BCUT2D eigenvalue weighted by atomic mass is 79.9. The Morgan fingerprint density at radius 1 is 0.674 bits per heavy atom. The van der Waals surface area contributed by atoms with Gasteiger partial charge in [-0.1, -0.05) is 111 Å². The maximum Gasteiger partial charge on any atom is 0.334 e. The van der Waals surface area contributed by atoms with Gasteiger partial charge in [-0.05, 0) is 91.9 Å². The summed E-state index contributed by atoms with van der Waals surface area (Å²) in [5.74, 6) is -4.24. The summed E-state index contributed by atoms with van der Waals surface area (Å²) >= 11 is 13.6. The molecule has 2 amide bonds. The first-order chi connectivity index (χ1) is 21.8. The van der Waals surface area contributed by atoms with Gasteiger partial charge in [0.2, 0.25) is 11.8 Å². The molecular formula is C34H48Br4N2O6. The van der Waals surface area contributed by atoms with Crippen molar-refractivity contribution in [3.8, 4) is 0 Å². The third-order valence-electron chi connectivity index (χ3n) is 8.78. The molecule has 258 valence electrons. The maximum absolute atomic E-state index is 14.5. The number of carboxylic acids is 2. The van der Waals surface area contributed by atoms with E-state index in [1.165, 1.54) is 6.07 Å². The minimum atomic E-state index is -2.55. The Balaban J connectivity index is 2.84. The van der Waals surface area contributed by atoms with E-state index in [0.29, 0.717) is 15.5 Å². The van der Waals surface area contributed by atoms with Crippen LogP contribution < -0.4 is 21.1 Å². The minimum Gasteiger partial charge on any atom is -0.480 e. The summed E-state index contributed by atoms with van der Waals surface area (Å²) in [5, 5.41) is 27.4. The van der Waals surface area contributed by atoms with Crippen molar-refractivity contribution < 1.29 is 29.4 Å². The second-order valence-electron chi connectivity index (χ2n) is 12.2. The van der Waals surface area contributed by atoms with Gasteiger partial charge in [-0.25, -0.2) is 4.79 Å². The normalized spacial score (nSPS) is 19.3. The summed E-state index contributed by atoms with van der Waals surface area (Å²) in [7, 11) is 0. The molecule has 2 atom stereocenters. The van der Waals surface area contributed by atoms with Gasteiger partial charge in [0, 0.05) is 22.0 Å². The van der Waals surface area contributed by atoms with Gasteiger partial charge in [0.05, 0.1) is 11.1 Å². The SMILES string of the molecule is CCCCC(CCCC)CNC(=O)C1=c2cc(Br)c(Br)cc2=C(C(=O)O)C(Br)(C(=O)O)C1(Br)C(=O)NCC(CCCC)CCCC. The molecule has 4 N–H and O–H groups in total. The van der Waals surface area contributed by atoms with Crippen molar-refractivity contribution in [3.05, 3.63) is 31.5 Å². The predicted molar refractivity (Wildman–Crippen MR) is 198 cm³/mol. The zero-order valence-corrected chi connectivity index (χ0v) is 33.6. The molecule has 1 aromatic rings. The van der Waals surface area contributed by atoms with Gasteiger partial charge in [-0.15, -0.1) is 0 Å². The highest BCUT2D eigenvalue weighted by Gasteiger charge is 2.67. The Hall–Kier alpha value is -1.24. The molecule has 0 saturated heterocycles. The molecular weight excluding hydrogens is 852 g/mol. The topological polar surface area (TPSA) is 133 Å². The van der Waals surface area contributed by atoms with Crippen LogP contribution in [0.2, 0.25) is 0 Å². The lowest BCUT2D eigenvalue weighted by atomic mass is 9.73. The fourth-order valence-electron chi connectivity index (χ4n) is 6.09. The number of halogens is 4. The Kier molecular flexibility index (Phi) is 17.0. The molecule has 12 heteroatoms. The molecule has 1 aliphatic carbocycles. The number of unbranched alkanes of at least 4 members (excludes halogenated alkanes) is 4. The Bertz CT molecular complexity index is 1370. The standard InChI is InChI=1S/C34H48Br4N2O6/c1-5-9-13-21(14-10-6-2)19-39-29(41)27-23-17-25(35)26(36)18-24(23)28(30(42)43)34(38,32(45)46)33(27,37)31(44)40-20-22(15-11-7-3)16-12-8-4/h17-18,21-22H,5-16,19-20H2,1-4H3,(H,39,41)(H,40,44)(H,42,43)(H,45,46). The third-order valence-corrected chi connectivity index (χ3v) is 13.8. The summed E-state index contributed by atoms with van der Waals surface area (Å²) in [6.07, 6.45) is 11.6. The second-order valence-corrected chi connectivity index (χ2v) is 16.3. The summed E-state index contributed by atoms with van der Waals surface area (Å²) < 4.78 is -3.90. The van der Waals surface area contributed by atoms with Gasteiger partial charge in [0.15, 0.2) is 8.65 Å². The molecule has 0 aliphatic heterocycles. The van der Waals surface area contributed by atoms with E-state index >= 15 is 0 Å². The molecule has 0 heterocycles. The van der Waals surface area contributed by atoms with Gasteiger partial charge in [0.1, 0.15) is 0 Å². The van der Waals surface area contributed by atoms with Gasteiger partial charge in [-0.3, -0.25) is 14.4 Å². The number of hydrogen-bond donors (Lipinski definition) is 4. The fraction of sp³-hybridized carbons (Fsp3) is 0.647. The third kappa shape index (κ3) is 9.26. The number of alkyl halides is 2. The van der Waals surface area contributed by atoms with Crippen LogP contribution in [0.15, 0.2) is 21.1 Å². The summed E-state index contributed by atoms with van der Waals surface area (Å²) in [5.41, 5.74) is -0.732. The van der Waals surface area contributed by atoms with Crippen LogP contribution in [0.4, 0.5) is 0 Å². The average molecular weight is 900 g/mol. The number of carbonyl (C=O) groups is 4. The molecule has 8 nitrogen and oxygen atoms in total. The van der Waals surface area contributed by atoms with Crippen molar-refractivity contribution in [2.24, 2.45) is 11.8 Å². The van der Waals surface area contributed by atoms with Gasteiger partial charge in [0.25, 0.3) is 0 Å². The second kappa shape index (κ2) is 19.1. The number of carboxylic acid groups (broad SMARTS) is 2. The average Bonchev–Trinajstić information content (AvgIpc) is 3.01. The molecule has 46 heavy (non-hydrogen) atoms. The molecule has 1 aliphatic rings. The lowest BCUT2D eigenvalue weighted by Gasteiger charge is -2.42. The van der Waals surface area contributed by atoms with Crippen LogP contribution >= 0.6 is 63.7 Å². The molecule has 1 aromatic carbocycles. The molecule has 0 bridgehead atoms. The monoisotopic (exact) mass is 896 g/mol. The van der Waals surface area contributed by atoms with E-state index in [-0.39, 0.29) is 34.4 Å². The molecule has 0 saturated carbocycles. The largest absolute Gasteiger partial charge is 0.480 e. The molecule has 0 spiro atoms. The first-order valence-electron chi connectivity index (χ1n) is 16.4. The number of amides is 2. The van der Waals surface area contributed by atoms with Crippen LogP contribution in [0.5, 0.6) is 0 Å². The number of rotatable bonds is 20. The zero-order chi connectivity index (χ0) is 34.7. The van der Waals surface area contributed by atoms with Crippen molar-refractivity contribution in [1.29, 1.82) is 0 Å². The van der Waals surface area contributed by atoms with E-state index in [4.69, 9.17) is 0 Å². The van der Waals surface area contributed by atoms with Crippen molar-refractivity contribution in [2.45, 2.75) is 113 Å². The Morgan fingerprint density at radius 3 is 1.43 bits per heavy atom. The highest BCUT2D eigenvalue weighted by molar-refractivity contribution is 9.13. The minimum absolute atomic E-state index is 0.0205. The van der Waals surface area contributed by atoms with Crippen molar-refractivity contribution in [1.82, 2.24) is 10.6 Å². The first-order valence-corrected chi connectivity index (χ1v) is 19.6. The Morgan fingerprint density at radius 2 is 1.07 bits per heavy atom. The van der Waals surface area contributed by atoms with Crippen LogP contribution in [-0.2, 0) is 19.2 Å². The summed E-state index contributed by atoms with van der Waals surface area (Å²) in [4.78, 5) is 55.0. The van der Waals surface area contributed by atoms with E-state index in [1.54, 1.807) is 6.07 Å². The first kappa shape index (κ1) is 40.9. The summed E-state index contributed by atoms with van der Waals surface area (Å²) in [6, 6.07) is 3.03. The number of nitrogens with one attached hydrogen (secondary N) is 2. The van der Waals surface area contributed by atoms with Crippen molar-refractivity contribution in [3.63, 3.8) is 0 Å². The molecule has 0 radical (unpaired) electrons. The van der Waals surface area contributed by atoms with Crippen LogP contribution in [0.25, 0.3) is 11.1 Å². The lowest BCUT2D eigenvalue weighted by molar-refractivity contribution is -0.142. The van der Waals surface area contributed by atoms with E-state index in [2.05, 4.69) is 102 Å². The van der Waals surface area contributed by atoms with Crippen LogP contribution in [0.1, 0.15) is 105 Å². The molecule has 2 unspecified atom stereocenters. The molecule has 0 fully saturated rings. The smallest absolute Gasteiger partial charge is 0.334 e. The molecule has 2 rings (SSSR count). The zero-order valence-electron chi connectivity index (χ0n) is 27.2. The number of aliphatic carboxylic acids is 2.